The third-order valence-electron chi connectivity index (χ3n) is 3.52. The average Bonchev–Trinajstić information content (AvgIpc) is 3.23. The minimum atomic E-state index is -0.467. The Morgan fingerprint density at radius 1 is 1.27 bits per heavy atom. The lowest BCUT2D eigenvalue weighted by molar-refractivity contribution is -0.114. The van der Waals surface area contributed by atoms with Crippen molar-refractivity contribution in [2.24, 2.45) is 10.1 Å². The predicted molar refractivity (Wildman–Crippen MR) is 109 cm³/mol. The summed E-state index contributed by atoms with van der Waals surface area (Å²) < 4.78 is 6.69. The van der Waals surface area contributed by atoms with Gasteiger partial charge in [0, 0.05) is 5.75 Å². The second kappa shape index (κ2) is 7.26. The van der Waals surface area contributed by atoms with Gasteiger partial charge in [-0.1, -0.05) is 42.1 Å². The molecule has 9 heteroatoms. The lowest BCUT2D eigenvalue weighted by Gasteiger charge is -2.19. The number of rotatable bonds is 3. The number of amidine groups is 2. The van der Waals surface area contributed by atoms with Crippen LogP contribution in [0.1, 0.15) is 11.3 Å². The number of hydrazone groups is 1. The fourth-order valence-electron chi connectivity index (χ4n) is 2.30. The van der Waals surface area contributed by atoms with Gasteiger partial charge in [0.2, 0.25) is 5.17 Å². The van der Waals surface area contributed by atoms with Crippen molar-refractivity contribution in [3.05, 3.63) is 64.0 Å². The van der Waals surface area contributed by atoms with Gasteiger partial charge in [0.25, 0.3) is 5.91 Å². The van der Waals surface area contributed by atoms with E-state index in [2.05, 4.69) is 26.0 Å². The number of aliphatic imine (C=N–C) groups is 1. The molecule has 0 saturated heterocycles. The number of halogens is 1. The van der Waals surface area contributed by atoms with Gasteiger partial charge in [-0.2, -0.15) is 10.0 Å². The summed E-state index contributed by atoms with van der Waals surface area (Å²) in [5.74, 6) is 0.761. The molecule has 6 nitrogen and oxygen atoms in total. The Morgan fingerprint density at radius 3 is 2.81 bits per heavy atom. The molecule has 2 aliphatic heterocycles. The molecule has 1 amide bonds. The molecule has 0 unspecified atom stereocenters. The molecule has 3 heterocycles. The topological polar surface area (TPSA) is 82.0 Å². The molecule has 26 heavy (non-hydrogen) atoms. The van der Waals surface area contributed by atoms with Gasteiger partial charge < -0.3 is 4.42 Å². The number of furan rings is 1. The van der Waals surface area contributed by atoms with E-state index in [4.69, 9.17) is 9.83 Å². The summed E-state index contributed by atoms with van der Waals surface area (Å²) in [6.07, 6.45) is 1.50. The van der Waals surface area contributed by atoms with Crippen LogP contribution in [0.4, 0.5) is 0 Å². The van der Waals surface area contributed by atoms with Gasteiger partial charge in [0.1, 0.15) is 5.76 Å². The van der Waals surface area contributed by atoms with Crippen molar-refractivity contribution < 1.29 is 9.21 Å². The van der Waals surface area contributed by atoms with Crippen molar-refractivity contribution in [1.82, 2.24) is 5.01 Å². The predicted octanol–water partition coefficient (Wildman–Crippen LogP) is 4.55. The minimum Gasteiger partial charge on any atom is -0.450 e. The summed E-state index contributed by atoms with van der Waals surface area (Å²) in [7, 11) is 0. The number of hydrogen-bond donors (Lipinski definition) is 1. The van der Waals surface area contributed by atoms with Gasteiger partial charge in [0.15, 0.2) is 14.9 Å². The van der Waals surface area contributed by atoms with Gasteiger partial charge in [-0.3, -0.25) is 10.2 Å². The number of thioether (sulfide) groups is 2. The standard InChI is InChI=1S/C17H11BrN4O2S2/c18-13-7-6-11(24-13)8-12-14(19)22-16(20-15(12)23)26-17(21-22)25-9-10-4-2-1-3-5-10/h1-8,19H,9H2. The number of carbonyl (C=O) groups is 1. The second-order valence-electron chi connectivity index (χ2n) is 5.30. The molecule has 1 aromatic carbocycles. The van der Waals surface area contributed by atoms with Crippen LogP contribution < -0.4 is 0 Å². The average molecular weight is 447 g/mol. The van der Waals surface area contributed by atoms with Crippen molar-refractivity contribution in [2.75, 3.05) is 0 Å². The maximum absolute atomic E-state index is 12.3. The molecule has 0 saturated carbocycles. The Kier molecular flexibility index (Phi) is 4.84. The molecule has 2 aliphatic rings. The summed E-state index contributed by atoms with van der Waals surface area (Å²) >= 11 is 6.07. The van der Waals surface area contributed by atoms with E-state index in [9.17, 15) is 4.79 Å². The highest BCUT2D eigenvalue weighted by atomic mass is 79.9. The van der Waals surface area contributed by atoms with Crippen LogP contribution in [-0.4, -0.2) is 26.3 Å². The van der Waals surface area contributed by atoms with E-state index in [-0.39, 0.29) is 11.4 Å². The molecule has 2 aromatic rings. The summed E-state index contributed by atoms with van der Waals surface area (Å²) in [5, 5.41) is 14.5. The van der Waals surface area contributed by atoms with Crippen LogP contribution in [-0.2, 0) is 10.5 Å². The number of carbonyl (C=O) groups excluding carboxylic acids is 1. The van der Waals surface area contributed by atoms with E-state index in [0.717, 1.165) is 10.1 Å². The molecular weight excluding hydrogens is 436 g/mol. The number of nitrogens with one attached hydrogen (secondary N) is 1. The fourth-order valence-corrected chi connectivity index (χ4v) is 4.50. The Morgan fingerprint density at radius 2 is 2.08 bits per heavy atom. The van der Waals surface area contributed by atoms with Crippen molar-refractivity contribution in [3.63, 3.8) is 0 Å². The fraction of sp³-hybridized carbons (Fsp3) is 0.0588. The number of benzene rings is 1. The van der Waals surface area contributed by atoms with Crippen LogP contribution in [0, 0.1) is 5.41 Å². The second-order valence-corrected chi connectivity index (χ2v) is 8.26. The molecule has 0 radical (unpaired) electrons. The minimum absolute atomic E-state index is 0.00432. The first-order valence-electron chi connectivity index (χ1n) is 7.52. The van der Waals surface area contributed by atoms with E-state index in [1.807, 2.05) is 30.3 Å². The zero-order valence-corrected chi connectivity index (χ0v) is 16.4. The van der Waals surface area contributed by atoms with Gasteiger partial charge in [-0.15, -0.1) is 5.10 Å². The van der Waals surface area contributed by atoms with Crippen LogP contribution in [0.2, 0.25) is 0 Å². The molecular formula is C17H11BrN4O2S2. The van der Waals surface area contributed by atoms with E-state index < -0.39 is 5.91 Å². The summed E-state index contributed by atoms with van der Waals surface area (Å²) in [6.45, 7) is 0. The number of amides is 1. The molecule has 1 aromatic heterocycles. The van der Waals surface area contributed by atoms with Gasteiger partial charge in [0.05, 0.1) is 5.57 Å². The molecule has 130 valence electrons. The normalized spacial score (nSPS) is 18.2. The van der Waals surface area contributed by atoms with Gasteiger partial charge in [-0.25, -0.2) is 0 Å². The first-order chi connectivity index (χ1) is 12.6. The van der Waals surface area contributed by atoms with E-state index in [1.165, 1.54) is 28.4 Å². The van der Waals surface area contributed by atoms with E-state index in [1.54, 1.807) is 23.9 Å². The van der Waals surface area contributed by atoms with Crippen LogP contribution >= 0.6 is 39.5 Å². The third kappa shape index (κ3) is 3.55. The van der Waals surface area contributed by atoms with Crippen molar-refractivity contribution >= 4 is 66.8 Å². The zero-order valence-electron chi connectivity index (χ0n) is 13.2. The molecule has 0 spiro atoms. The van der Waals surface area contributed by atoms with Crippen molar-refractivity contribution in [2.45, 2.75) is 5.75 Å². The zero-order chi connectivity index (χ0) is 18.1. The highest BCUT2D eigenvalue weighted by Crippen LogP contribution is 2.33. The first-order valence-corrected chi connectivity index (χ1v) is 10.1. The Bertz CT molecular complexity index is 982. The molecule has 0 fully saturated rings. The van der Waals surface area contributed by atoms with Gasteiger partial charge in [-0.05, 0) is 51.5 Å². The van der Waals surface area contributed by atoms with Crippen molar-refractivity contribution in [1.29, 1.82) is 5.41 Å². The van der Waals surface area contributed by atoms with E-state index >= 15 is 0 Å². The maximum Gasteiger partial charge on any atom is 0.283 e. The monoisotopic (exact) mass is 446 g/mol. The molecule has 0 atom stereocenters. The molecule has 0 aliphatic carbocycles. The summed E-state index contributed by atoms with van der Waals surface area (Å²) in [4.78, 5) is 16.4. The Labute approximate surface area is 166 Å². The summed E-state index contributed by atoms with van der Waals surface area (Å²) in [6, 6.07) is 13.5. The first kappa shape index (κ1) is 17.3. The smallest absolute Gasteiger partial charge is 0.283 e. The molecule has 4 rings (SSSR count). The van der Waals surface area contributed by atoms with Gasteiger partial charge >= 0.3 is 0 Å². The third-order valence-corrected chi connectivity index (χ3v) is 6.06. The highest BCUT2D eigenvalue weighted by Gasteiger charge is 2.36. The SMILES string of the molecule is N=C1C(=Cc2ccc(Br)o2)C(=O)N=C2SC(SCc3ccccc3)=NN12. The Hall–Kier alpha value is -2.10. The quantitative estimate of drug-likeness (QED) is 0.699. The lowest BCUT2D eigenvalue weighted by Crippen LogP contribution is -2.35. The van der Waals surface area contributed by atoms with Crippen molar-refractivity contribution in [3.8, 4) is 0 Å². The molecule has 0 bridgehead atoms. The van der Waals surface area contributed by atoms with Crippen LogP contribution in [0.25, 0.3) is 6.08 Å². The lowest BCUT2D eigenvalue weighted by atomic mass is 10.1. The summed E-state index contributed by atoms with van der Waals surface area (Å²) in [5.41, 5.74) is 1.33. The Balaban J connectivity index is 1.53. The van der Waals surface area contributed by atoms with E-state index in [0.29, 0.717) is 15.6 Å². The number of fused-ring (bicyclic) bond motifs is 1. The van der Waals surface area contributed by atoms with Crippen LogP contribution in [0.5, 0.6) is 0 Å². The maximum atomic E-state index is 12.3. The number of hydrogen-bond acceptors (Lipinski definition) is 6. The molecule has 1 N–H and O–H groups in total. The van der Waals surface area contributed by atoms with Crippen LogP contribution in [0.3, 0.4) is 0 Å². The number of nitrogens with zero attached hydrogens (tertiary/aromatic N) is 3. The highest BCUT2D eigenvalue weighted by molar-refractivity contribution is 9.10. The largest absolute Gasteiger partial charge is 0.450 e. The van der Waals surface area contributed by atoms with Crippen LogP contribution in [0.15, 0.2) is 67.2 Å².